The summed E-state index contributed by atoms with van der Waals surface area (Å²) in [5.74, 6) is -0.287. The lowest BCUT2D eigenvalue weighted by Gasteiger charge is -2.17. The summed E-state index contributed by atoms with van der Waals surface area (Å²) < 4.78 is 39.0. The molecule has 20 heavy (non-hydrogen) atoms. The first kappa shape index (κ1) is 14.8. The maximum Gasteiger partial charge on any atom is 0.244 e. The third kappa shape index (κ3) is 2.77. The molecule has 0 saturated heterocycles. The van der Waals surface area contributed by atoms with E-state index in [-0.39, 0.29) is 22.2 Å². The molecule has 6 nitrogen and oxygen atoms in total. The average Bonchev–Trinajstić information content (AvgIpc) is 2.86. The molecule has 0 saturated carbocycles. The standard InChI is InChI=1S/C11H12ClFN4O2S/c1-17(6-11-15-2-3-16-11)20(18,19)10-5-9(14)8(13)4-7(10)12/h2-5H,6,14H2,1H3,(H,15,16). The van der Waals surface area contributed by atoms with Gasteiger partial charge in [0.15, 0.2) is 0 Å². The van der Waals surface area contributed by atoms with Gasteiger partial charge in [0.1, 0.15) is 16.5 Å². The first-order valence-electron chi connectivity index (χ1n) is 5.51. The van der Waals surface area contributed by atoms with Gasteiger partial charge < -0.3 is 10.7 Å². The second kappa shape index (κ2) is 5.39. The van der Waals surface area contributed by atoms with Gasteiger partial charge in [-0.2, -0.15) is 4.31 Å². The highest BCUT2D eigenvalue weighted by Crippen LogP contribution is 2.28. The summed E-state index contributed by atoms with van der Waals surface area (Å²) >= 11 is 5.79. The molecule has 0 bridgehead atoms. The van der Waals surface area contributed by atoms with E-state index in [0.29, 0.717) is 5.82 Å². The first-order chi connectivity index (χ1) is 9.32. The summed E-state index contributed by atoms with van der Waals surface area (Å²) in [7, 11) is -2.52. The molecule has 108 valence electrons. The lowest BCUT2D eigenvalue weighted by Crippen LogP contribution is -2.27. The van der Waals surface area contributed by atoms with Gasteiger partial charge in [-0.3, -0.25) is 0 Å². The van der Waals surface area contributed by atoms with Crippen molar-refractivity contribution in [2.75, 3.05) is 12.8 Å². The van der Waals surface area contributed by atoms with E-state index in [1.165, 1.54) is 13.2 Å². The van der Waals surface area contributed by atoms with E-state index in [2.05, 4.69) is 9.97 Å². The molecule has 2 aromatic rings. The number of hydrogen-bond acceptors (Lipinski definition) is 4. The largest absolute Gasteiger partial charge is 0.396 e. The molecule has 0 fully saturated rings. The Bertz CT molecular complexity index is 718. The number of halogens is 2. The second-order valence-electron chi connectivity index (χ2n) is 4.10. The minimum Gasteiger partial charge on any atom is -0.396 e. The predicted octanol–water partition coefficient (Wildman–Crippen LogP) is 1.61. The minimum atomic E-state index is -3.89. The SMILES string of the molecule is CN(Cc1ncc[nH]1)S(=O)(=O)c1cc(N)c(F)cc1Cl. The van der Waals surface area contributed by atoms with E-state index in [1.54, 1.807) is 6.20 Å². The van der Waals surface area contributed by atoms with E-state index in [9.17, 15) is 12.8 Å². The average molecular weight is 319 g/mol. The molecule has 0 amide bonds. The first-order valence-corrected chi connectivity index (χ1v) is 7.33. The number of nitrogens with two attached hydrogens (primary N) is 1. The van der Waals surface area contributed by atoms with Gasteiger partial charge in [-0.05, 0) is 12.1 Å². The normalized spacial score (nSPS) is 12.0. The van der Waals surface area contributed by atoms with E-state index in [4.69, 9.17) is 17.3 Å². The summed E-state index contributed by atoms with van der Waals surface area (Å²) in [5.41, 5.74) is 5.11. The van der Waals surface area contributed by atoms with Crippen LogP contribution in [0.3, 0.4) is 0 Å². The summed E-state index contributed by atoms with van der Waals surface area (Å²) in [5, 5.41) is -0.219. The van der Waals surface area contributed by atoms with Gasteiger partial charge in [-0.1, -0.05) is 11.6 Å². The highest BCUT2D eigenvalue weighted by Gasteiger charge is 2.25. The fourth-order valence-electron chi connectivity index (χ4n) is 1.59. The number of aromatic amines is 1. The van der Waals surface area contributed by atoms with Crippen LogP contribution >= 0.6 is 11.6 Å². The topological polar surface area (TPSA) is 92.1 Å². The van der Waals surface area contributed by atoms with Crippen LogP contribution in [0, 0.1) is 5.82 Å². The van der Waals surface area contributed by atoms with Gasteiger partial charge in [-0.15, -0.1) is 0 Å². The summed E-state index contributed by atoms with van der Waals surface area (Å²) in [6, 6.07) is 1.89. The van der Waals surface area contributed by atoms with Gasteiger partial charge >= 0.3 is 0 Å². The van der Waals surface area contributed by atoms with Gasteiger partial charge in [-0.25, -0.2) is 17.8 Å². The van der Waals surface area contributed by atoms with Crippen LogP contribution in [-0.2, 0) is 16.6 Å². The van der Waals surface area contributed by atoms with Crippen LogP contribution in [0.1, 0.15) is 5.82 Å². The number of nitrogen functional groups attached to an aromatic ring is 1. The quantitative estimate of drug-likeness (QED) is 0.838. The number of benzene rings is 1. The third-order valence-electron chi connectivity index (χ3n) is 2.67. The number of rotatable bonds is 4. The molecule has 2 rings (SSSR count). The zero-order valence-electron chi connectivity index (χ0n) is 10.5. The van der Waals surface area contributed by atoms with Crippen LogP contribution < -0.4 is 5.73 Å². The number of sulfonamides is 1. The van der Waals surface area contributed by atoms with Crippen molar-refractivity contribution in [3.05, 3.63) is 41.2 Å². The van der Waals surface area contributed by atoms with Crippen molar-refractivity contribution >= 4 is 27.3 Å². The Balaban J connectivity index is 2.37. The number of nitrogens with one attached hydrogen (secondary N) is 1. The predicted molar refractivity (Wildman–Crippen MR) is 73.1 cm³/mol. The molecule has 9 heteroatoms. The van der Waals surface area contributed by atoms with Crippen molar-refractivity contribution in [2.45, 2.75) is 11.4 Å². The third-order valence-corrected chi connectivity index (χ3v) is 4.93. The van der Waals surface area contributed by atoms with Gasteiger partial charge in [0.05, 0.1) is 17.3 Å². The maximum atomic E-state index is 13.2. The zero-order chi connectivity index (χ0) is 14.9. The van der Waals surface area contributed by atoms with Crippen molar-refractivity contribution in [3.63, 3.8) is 0 Å². The van der Waals surface area contributed by atoms with Crippen LogP contribution in [0.2, 0.25) is 5.02 Å². The summed E-state index contributed by atoms with van der Waals surface area (Å²) in [6.07, 6.45) is 3.09. The van der Waals surface area contributed by atoms with Crippen LogP contribution in [0.5, 0.6) is 0 Å². The maximum absolute atomic E-state index is 13.2. The molecule has 1 aromatic heterocycles. The number of aromatic nitrogens is 2. The molecule has 1 heterocycles. The highest BCUT2D eigenvalue weighted by atomic mass is 35.5. The Hall–Kier alpha value is -1.64. The van der Waals surface area contributed by atoms with Gasteiger partial charge in [0.2, 0.25) is 10.0 Å². The Kier molecular flexibility index (Phi) is 3.98. The van der Waals surface area contributed by atoms with Crippen LogP contribution in [-0.4, -0.2) is 29.7 Å². The molecule has 0 aliphatic carbocycles. The Morgan fingerprint density at radius 3 is 2.80 bits per heavy atom. The number of anilines is 1. The lowest BCUT2D eigenvalue weighted by molar-refractivity contribution is 0.458. The Morgan fingerprint density at radius 2 is 2.20 bits per heavy atom. The van der Waals surface area contributed by atoms with E-state index < -0.39 is 15.8 Å². The van der Waals surface area contributed by atoms with E-state index >= 15 is 0 Å². The fraction of sp³-hybridized carbons (Fsp3) is 0.182. The summed E-state index contributed by atoms with van der Waals surface area (Å²) in [4.78, 5) is 6.49. The lowest BCUT2D eigenvalue weighted by atomic mass is 10.3. The van der Waals surface area contributed by atoms with E-state index in [1.807, 2.05) is 0 Å². The van der Waals surface area contributed by atoms with Crippen LogP contribution in [0.4, 0.5) is 10.1 Å². The monoisotopic (exact) mass is 318 g/mol. The number of nitrogens with zero attached hydrogens (tertiary/aromatic N) is 2. The minimum absolute atomic E-state index is 0.0307. The molecule has 1 aromatic carbocycles. The zero-order valence-corrected chi connectivity index (χ0v) is 12.0. The molecule has 0 spiro atoms. The number of imidazole rings is 1. The van der Waals surface area contributed by atoms with Crippen LogP contribution in [0.15, 0.2) is 29.4 Å². The molecule has 0 unspecified atom stereocenters. The van der Waals surface area contributed by atoms with Crippen molar-refractivity contribution in [3.8, 4) is 0 Å². The van der Waals surface area contributed by atoms with Gasteiger partial charge in [0.25, 0.3) is 0 Å². The Labute approximate surface area is 120 Å². The van der Waals surface area contributed by atoms with Crippen molar-refractivity contribution in [2.24, 2.45) is 0 Å². The van der Waals surface area contributed by atoms with Crippen molar-refractivity contribution in [1.82, 2.24) is 14.3 Å². The molecule has 0 atom stereocenters. The molecule has 3 N–H and O–H groups in total. The molecule has 0 radical (unpaired) electrons. The fourth-order valence-corrected chi connectivity index (χ4v) is 3.24. The van der Waals surface area contributed by atoms with Crippen molar-refractivity contribution in [1.29, 1.82) is 0 Å². The highest BCUT2D eigenvalue weighted by molar-refractivity contribution is 7.89. The van der Waals surface area contributed by atoms with Gasteiger partial charge in [0, 0.05) is 19.4 Å². The molecule has 0 aliphatic heterocycles. The molecular formula is C11H12ClFN4O2S. The molecule has 0 aliphatic rings. The Morgan fingerprint density at radius 1 is 1.50 bits per heavy atom. The number of hydrogen-bond donors (Lipinski definition) is 2. The van der Waals surface area contributed by atoms with E-state index in [0.717, 1.165) is 16.4 Å². The van der Waals surface area contributed by atoms with Crippen LogP contribution in [0.25, 0.3) is 0 Å². The second-order valence-corrected chi connectivity index (χ2v) is 6.52. The number of H-pyrrole nitrogens is 1. The summed E-state index contributed by atoms with van der Waals surface area (Å²) in [6.45, 7) is 0.0307. The molecular weight excluding hydrogens is 307 g/mol. The van der Waals surface area contributed by atoms with Crippen molar-refractivity contribution < 1.29 is 12.8 Å². The smallest absolute Gasteiger partial charge is 0.244 e.